The van der Waals surface area contributed by atoms with Gasteiger partial charge in [-0.2, -0.15) is 10.5 Å². The molecule has 3 aromatic rings. The van der Waals surface area contributed by atoms with Crippen LogP contribution in [0.15, 0.2) is 53.9 Å². The number of hydrogen-bond acceptors (Lipinski definition) is 5. The predicted molar refractivity (Wildman–Crippen MR) is 96.1 cm³/mol. The zero-order valence-corrected chi connectivity index (χ0v) is 14.2. The van der Waals surface area contributed by atoms with Crippen LogP contribution < -0.4 is 0 Å². The Hall–Kier alpha value is -3.28. The van der Waals surface area contributed by atoms with E-state index in [9.17, 15) is 10.1 Å². The molecule has 0 radical (unpaired) electrons. The van der Waals surface area contributed by atoms with Crippen LogP contribution in [-0.2, 0) is 0 Å². The van der Waals surface area contributed by atoms with Gasteiger partial charge in [0, 0.05) is 16.5 Å². The highest BCUT2D eigenvalue weighted by Crippen LogP contribution is 2.28. The van der Waals surface area contributed by atoms with Crippen LogP contribution in [0.25, 0.3) is 11.3 Å². The number of Topliss-reactive ketones (excluding diaryl/α,β-unsaturated/α-hetero) is 1. The van der Waals surface area contributed by atoms with Gasteiger partial charge in [-0.25, -0.2) is 4.98 Å². The smallest absolute Gasteiger partial charge is 0.186 e. The van der Waals surface area contributed by atoms with Crippen LogP contribution in [0.3, 0.4) is 0 Å². The van der Waals surface area contributed by atoms with E-state index >= 15 is 0 Å². The largest absolute Gasteiger partial charge is 0.292 e. The molecule has 1 aromatic heterocycles. The fourth-order valence-electron chi connectivity index (χ4n) is 2.46. The Balaban J connectivity index is 1.90. The van der Waals surface area contributed by atoms with Crippen LogP contribution in [0.4, 0.5) is 0 Å². The van der Waals surface area contributed by atoms with Crippen LogP contribution in [0, 0.1) is 29.6 Å². The fourth-order valence-corrected chi connectivity index (χ4v) is 3.33. The maximum absolute atomic E-state index is 12.7. The van der Waals surface area contributed by atoms with E-state index in [1.165, 1.54) is 11.3 Å². The lowest BCUT2D eigenvalue weighted by molar-refractivity contribution is 0.0978. The van der Waals surface area contributed by atoms with Gasteiger partial charge in [-0.1, -0.05) is 35.9 Å². The zero-order chi connectivity index (χ0) is 17.8. The van der Waals surface area contributed by atoms with Crippen molar-refractivity contribution in [2.24, 2.45) is 0 Å². The molecular formula is C20H13N3OS. The number of aromatic nitrogens is 1. The SMILES string of the molecule is Cc1cccc(C(=O)C(C#N)c2nc(-c3ccc(C#N)cc3)cs2)c1. The maximum Gasteiger partial charge on any atom is 0.186 e. The topological polar surface area (TPSA) is 77.5 Å². The molecule has 0 fully saturated rings. The Morgan fingerprint density at radius 1 is 1.16 bits per heavy atom. The molecule has 0 aliphatic carbocycles. The first-order valence-electron chi connectivity index (χ1n) is 7.59. The molecule has 1 heterocycles. The molecule has 0 amide bonds. The molecule has 0 saturated heterocycles. The summed E-state index contributed by atoms with van der Waals surface area (Å²) in [6.45, 7) is 1.91. The quantitative estimate of drug-likeness (QED) is 0.654. The van der Waals surface area contributed by atoms with Crippen LogP contribution in [0.2, 0.25) is 0 Å². The van der Waals surface area contributed by atoms with E-state index in [0.717, 1.165) is 11.1 Å². The molecule has 0 bridgehead atoms. The molecule has 4 nitrogen and oxygen atoms in total. The lowest BCUT2D eigenvalue weighted by atomic mass is 9.98. The maximum atomic E-state index is 12.7. The van der Waals surface area contributed by atoms with E-state index in [2.05, 4.69) is 17.1 Å². The van der Waals surface area contributed by atoms with Gasteiger partial charge in [0.05, 0.1) is 23.4 Å². The van der Waals surface area contributed by atoms with Gasteiger partial charge in [-0.15, -0.1) is 11.3 Å². The molecule has 3 rings (SSSR count). The minimum absolute atomic E-state index is 0.244. The van der Waals surface area contributed by atoms with Crippen LogP contribution in [0.1, 0.15) is 32.4 Å². The van der Waals surface area contributed by atoms with Crippen molar-refractivity contribution in [3.05, 3.63) is 75.6 Å². The first kappa shape index (κ1) is 16.6. The van der Waals surface area contributed by atoms with Crippen molar-refractivity contribution < 1.29 is 4.79 Å². The van der Waals surface area contributed by atoms with Gasteiger partial charge >= 0.3 is 0 Å². The third-order valence-corrected chi connectivity index (χ3v) is 4.68. The first-order valence-corrected chi connectivity index (χ1v) is 8.47. The van der Waals surface area contributed by atoms with Crippen molar-refractivity contribution in [2.75, 3.05) is 0 Å². The van der Waals surface area contributed by atoms with Crippen molar-refractivity contribution >= 4 is 17.1 Å². The number of nitrogens with zero attached hydrogens (tertiary/aromatic N) is 3. The molecule has 1 atom stereocenters. The Morgan fingerprint density at radius 2 is 1.92 bits per heavy atom. The minimum Gasteiger partial charge on any atom is -0.292 e. The molecular weight excluding hydrogens is 330 g/mol. The number of rotatable bonds is 4. The molecule has 120 valence electrons. The second-order valence-corrected chi connectivity index (χ2v) is 6.45. The van der Waals surface area contributed by atoms with Gasteiger partial charge in [0.1, 0.15) is 5.01 Å². The molecule has 0 saturated carbocycles. The van der Waals surface area contributed by atoms with Gasteiger partial charge in [-0.3, -0.25) is 4.79 Å². The minimum atomic E-state index is -0.918. The average molecular weight is 343 g/mol. The highest BCUT2D eigenvalue weighted by atomic mass is 32.1. The van der Waals surface area contributed by atoms with E-state index in [1.807, 2.05) is 18.4 Å². The fraction of sp³-hybridized carbons (Fsp3) is 0.100. The summed E-state index contributed by atoms with van der Waals surface area (Å²) < 4.78 is 0. The number of ketones is 1. The normalized spacial score (nSPS) is 11.3. The number of carbonyl (C=O) groups is 1. The summed E-state index contributed by atoms with van der Waals surface area (Å²) >= 11 is 1.29. The average Bonchev–Trinajstić information content (AvgIpc) is 3.12. The third kappa shape index (κ3) is 3.47. The van der Waals surface area contributed by atoms with Crippen LogP contribution >= 0.6 is 11.3 Å². The predicted octanol–water partition coefficient (Wildman–Crippen LogP) is 4.48. The van der Waals surface area contributed by atoms with Crippen molar-refractivity contribution in [3.8, 4) is 23.4 Å². The highest BCUT2D eigenvalue weighted by molar-refractivity contribution is 7.10. The van der Waals surface area contributed by atoms with E-state index < -0.39 is 5.92 Å². The van der Waals surface area contributed by atoms with Crippen LogP contribution in [0.5, 0.6) is 0 Å². The molecule has 5 heteroatoms. The summed E-state index contributed by atoms with van der Waals surface area (Å²) in [5.74, 6) is -1.16. The standard InChI is InChI=1S/C20H13N3OS/c1-13-3-2-4-16(9-13)19(24)17(11-22)20-23-18(12-25-20)15-7-5-14(10-21)6-8-15/h2-9,12,17H,1H3. The zero-order valence-electron chi connectivity index (χ0n) is 13.4. The van der Waals surface area contributed by atoms with Gasteiger partial charge in [0.15, 0.2) is 11.7 Å². The van der Waals surface area contributed by atoms with E-state index in [0.29, 0.717) is 21.8 Å². The first-order chi connectivity index (χ1) is 12.1. The Morgan fingerprint density at radius 3 is 2.56 bits per heavy atom. The highest BCUT2D eigenvalue weighted by Gasteiger charge is 2.25. The van der Waals surface area contributed by atoms with Gasteiger partial charge in [-0.05, 0) is 25.1 Å². The Bertz CT molecular complexity index is 1010. The second kappa shape index (κ2) is 7.09. The molecule has 0 spiro atoms. The van der Waals surface area contributed by atoms with Crippen molar-refractivity contribution in [1.29, 1.82) is 10.5 Å². The van der Waals surface area contributed by atoms with Gasteiger partial charge in [0.25, 0.3) is 0 Å². The third-order valence-electron chi connectivity index (χ3n) is 3.77. The Kier molecular flexibility index (Phi) is 4.70. The molecule has 0 aliphatic heterocycles. The number of carbonyl (C=O) groups excluding carboxylic acids is 1. The van der Waals surface area contributed by atoms with Crippen LogP contribution in [-0.4, -0.2) is 10.8 Å². The summed E-state index contributed by atoms with van der Waals surface area (Å²) in [6.07, 6.45) is 0. The number of hydrogen-bond donors (Lipinski definition) is 0. The molecule has 25 heavy (non-hydrogen) atoms. The monoisotopic (exact) mass is 343 g/mol. The summed E-state index contributed by atoms with van der Waals surface area (Å²) in [5.41, 5.74) is 3.60. The number of benzene rings is 2. The summed E-state index contributed by atoms with van der Waals surface area (Å²) in [5, 5.41) is 20.7. The lowest BCUT2D eigenvalue weighted by Gasteiger charge is -2.06. The van der Waals surface area contributed by atoms with Crippen molar-refractivity contribution in [1.82, 2.24) is 4.98 Å². The van der Waals surface area contributed by atoms with Gasteiger partial charge < -0.3 is 0 Å². The lowest BCUT2D eigenvalue weighted by Crippen LogP contribution is -2.11. The van der Waals surface area contributed by atoms with E-state index in [4.69, 9.17) is 5.26 Å². The van der Waals surface area contributed by atoms with E-state index in [-0.39, 0.29) is 5.78 Å². The van der Waals surface area contributed by atoms with Gasteiger partial charge in [0.2, 0.25) is 0 Å². The second-order valence-electron chi connectivity index (χ2n) is 5.56. The number of nitriles is 2. The number of aryl methyl sites for hydroxylation is 1. The summed E-state index contributed by atoms with van der Waals surface area (Å²) in [7, 11) is 0. The summed E-state index contributed by atoms with van der Waals surface area (Å²) in [4.78, 5) is 17.1. The summed E-state index contributed by atoms with van der Waals surface area (Å²) in [6, 6.07) is 18.4. The molecule has 0 aliphatic rings. The molecule has 2 aromatic carbocycles. The van der Waals surface area contributed by atoms with Crippen molar-refractivity contribution in [2.45, 2.75) is 12.8 Å². The molecule has 0 N–H and O–H groups in total. The van der Waals surface area contributed by atoms with E-state index in [1.54, 1.807) is 42.5 Å². The van der Waals surface area contributed by atoms with Crippen molar-refractivity contribution in [3.63, 3.8) is 0 Å². The Labute approximate surface area is 149 Å². The molecule has 1 unspecified atom stereocenters. The number of thiazole rings is 1.